The van der Waals surface area contributed by atoms with E-state index in [9.17, 15) is 4.79 Å². The zero-order valence-electron chi connectivity index (χ0n) is 6.50. The Kier molecular flexibility index (Phi) is 2.10. The number of carbonyl (C=O) groups is 1. The maximum absolute atomic E-state index is 10.9. The second-order valence-corrected chi connectivity index (χ2v) is 2.32. The van der Waals surface area contributed by atoms with Gasteiger partial charge in [0.25, 0.3) is 6.29 Å². The summed E-state index contributed by atoms with van der Waals surface area (Å²) in [7, 11) is 0. The van der Waals surface area contributed by atoms with Crippen molar-refractivity contribution in [3.05, 3.63) is 23.5 Å². The van der Waals surface area contributed by atoms with Gasteiger partial charge in [0.1, 0.15) is 5.76 Å². The second-order valence-electron chi connectivity index (χ2n) is 2.32. The van der Waals surface area contributed by atoms with Crippen LogP contribution in [0.3, 0.4) is 0 Å². The predicted octanol–water partition coefficient (Wildman–Crippen LogP) is 0.754. The number of aliphatic hydroxyl groups is 1. The van der Waals surface area contributed by atoms with Crippen LogP contribution in [0.2, 0.25) is 0 Å². The smallest absolute Gasteiger partial charge is 0.261 e. The summed E-state index contributed by atoms with van der Waals surface area (Å²) in [4.78, 5) is 10.9. The molecular weight excluding hydrogens is 144 g/mol. The molecule has 0 spiro atoms. The standard InChI is InChI=1S/C8H10O3/c1-3-4-6-5(2)7(9)8(10)11-6/h3-4,8,10H,1-2H3. The molecule has 1 aliphatic rings. The maximum atomic E-state index is 10.9. The van der Waals surface area contributed by atoms with Gasteiger partial charge in [-0.1, -0.05) is 6.08 Å². The van der Waals surface area contributed by atoms with Gasteiger partial charge < -0.3 is 9.84 Å². The number of hydrogen-bond donors (Lipinski definition) is 1. The highest BCUT2D eigenvalue weighted by atomic mass is 16.6. The van der Waals surface area contributed by atoms with E-state index in [4.69, 9.17) is 9.84 Å². The van der Waals surface area contributed by atoms with Crippen LogP contribution in [-0.4, -0.2) is 17.2 Å². The van der Waals surface area contributed by atoms with Gasteiger partial charge in [-0.2, -0.15) is 0 Å². The molecule has 3 nitrogen and oxygen atoms in total. The summed E-state index contributed by atoms with van der Waals surface area (Å²) in [5.41, 5.74) is 0.482. The van der Waals surface area contributed by atoms with E-state index < -0.39 is 6.29 Å². The normalized spacial score (nSPS) is 25.0. The molecule has 1 unspecified atom stereocenters. The number of hydrogen-bond acceptors (Lipinski definition) is 3. The molecule has 0 amide bonds. The third-order valence-electron chi connectivity index (χ3n) is 1.52. The second kappa shape index (κ2) is 2.88. The Morgan fingerprint density at radius 2 is 2.27 bits per heavy atom. The molecule has 1 N–H and O–H groups in total. The molecule has 0 aliphatic carbocycles. The van der Waals surface area contributed by atoms with Crippen molar-refractivity contribution in [3.63, 3.8) is 0 Å². The summed E-state index contributed by atoms with van der Waals surface area (Å²) >= 11 is 0. The van der Waals surface area contributed by atoms with Gasteiger partial charge >= 0.3 is 0 Å². The van der Waals surface area contributed by atoms with E-state index in [-0.39, 0.29) is 5.78 Å². The van der Waals surface area contributed by atoms with E-state index in [0.29, 0.717) is 11.3 Å². The number of ketones is 1. The monoisotopic (exact) mass is 154 g/mol. The van der Waals surface area contributed by atoms with Crippen LogP contribution in [0.1, 0.15) is 13.8 Å². The summed E-state index contributed by atoms with van der Waals surface area (Å²) in [6.07, 6.45) is 2.12. The van der Waals surface area contributed by atoms with Crippen molar-refractivity contribution >= 4 is 5.78 Å². The third kappa shape index (κ3) is 1.33. The fourth-order valence-corrected chi connectivity index (χ4v) is 0.884. The molecule has 0 bridgehead atoms. The van der Waals surface area contributed by atoms with Crippen LogP contribution in [0.15, 0.2) is 23.5 Å². The molecule has 1 rings (SSSR count). The van der Waals surface area contributed by atoms with Crippen molar-refractivity contribution in [1.29, 1.82) is 0 Å². The zero-order valence-corrected chi connectivity index (χ0v) is 6.50. The number of carbonyl (C=O) groups excluding carboxylic acids is 1. The van der Waals surface area contributed by atoms with Gasteiger partial charge in [0, 0.05) is 5.57 Å². The van der Waals surface area contributed by atoms with Crippen molar-refractivity contribution < 1.29 is 14.6 Å². The summed E-state index contributed by atoms with van der Waals surface area (Å²) < 4.78 is 4.83. The van der Waals surface area contributed by atoms with Crippen LogP contribution in [0.5, 0.6) is 0 Å². The molecule has 1 heterocycles. The van der Waals surface area contributed by atoms with Crippen molar-refractivity contribution in [3.8, 4) is 0 Å². The quantitative estimate of drug-likeness (QED) is 0.606. The lowest BCUT2D eigenvalue weighted by Gasteiger charge is -2.00. The van der Waals surface area contributed by atoms with E-state index in [1.165, 1.54) is 0 Å². The van der Waals surface area contributed by atoms with Gasteiger partial charge in [-0.15, -0.1) is 0 Å². The molecule has 0 aromatic carbocycles. The number of ether oxygens (including phenoxy) is 1. The SMILES string of the molecule is CC=CC1=C(C)C(=O)C(O)O1. The van der Waals surface area contributed by atoms with Crippen molar-refractivity contribution in [2.75, 3.05) is 0 Å². The zero-order chi connectivity index (χ0) is 8.43. The molecule has 0 saturated heterocycles. The summed E-state index contributed by atoms with van der Waals surface area (Å²) in [5.74, 6) is 0.114. The van der Waals surface area contributed by atoms with Crippen LogP contribution in [0, 0.1) is 0 Å². The van der Waals surface area contributed by atoms with Gasteiger partial charge in [0.05, 0.1) is 0 Å². The molecule has 0 fully saturated rings. The van der Waals surface area contributed by atoms with Crippen LogP contribution in [0.25, 0.3) is 0 Å². The molecule has 1 aliphatic heterocycles. The van der Waals surface area contributed by atoms with E-state index in [0.717, 1.165) is 0 Å². The average molecular weight is 154 g/mol. The van der Waals surface area contributed by atoms with E-state index in [2.05, 4.69) is 0 Å². The Labute approximate surface area is 65.0 Å². The lowest BCUT2D eigenvalue weighted by atomic mass is 10.2. The first-order chi connectivity index (χ1) is 5.16. The van der Waals surface area contributed by atoms with E-state index in [1.807, 2.05) is 6.92 Å². The highest BCUT2D eigenvalue weighted by Gasteiger charge is 2.28. The summed E-state index contributed by atoms with van der Waals surface area (Å²) in [6, 6.07) is 0. The predicted molar refractivity (Wildman–Crippen MR) is 39.6 cm³/mol. The molecular formula is C8H10O3. The Hall–Kier alpha value is -1.09. The molecule has 1 atom stereocenters. The average Bonchev–Trinajstić information content (AvgIpc) is 2.19. The Morgan fingerprint density at radius 1 is 1.64 bits per heavy atom. The first-order valence-electron chi connectivity index (χ1n) is 3.39. The third-order valence-corrected chi connectivity index (χ3v) is 1.52. The van der Waals surface area contributed by atoms with E-state index in [1.54, 1.807) is 19.1 Å². The molecule has 3 heteroatoms. The largest absolute Gasteiger partial charge is 0.457 e. The fourth-order valence-electron chi connectivity index (χ4n) is 0.884. The van der Waals surface area contributed by atoms with Gasteiger partial charge in [-0.25, -0.2) is 0 Å². The summed E-state index contributed by atoms with van der Waals surface area (Å²) in [5, 5.41) is 8.92. The Balaban J connectivity index is 2.89. The van der Waals surface area contributed by atoms with Crippen molar-refractivity contribution in [2.45, 2.75) is 20.1 Å². The molecule has 0 aromatic rings. The summed E-state index contributed by atoms with van der Waals surface area (Å²) in [6.45, 7) is 3.45. The fraction of sp³-hybridized carbons (Fsp3) is 0.375. The number of allylic oxidation sites excluding steroid dienone is 2. The number of Topliss-reactive ketones (excluding diaryl/α,β-unsaturated/α-hetero) is 1. The lowest BCUT2D eigenvalue weighted by molar-refractivity contribution is -0.137. The first kappa shape index (κ1) is 8.01. The van der Waals surface area contributed by atoms with Gasteiger partial charge in [0.2, 0.25) is 5.78 Å². The topological polar surface area (TPSA) is 46.5 Å². The number of aliphatic hydroxyl groups excluding tert-OH is 1. The van der Waals surface area contributed by atoms with Crippen molar-refractivity contribution in [1.82, 2.24) is 0 Å². The minimum atomic E-state index is -1.29. The van der Waals surface area contributed by atoms with Crippen LogP contribution in [0.4, 0.5) is 0 Å². The molecule has 0 aromatic heterocycles. The van der Waals surface area contributed by atoms with E-state index >= 15 is 0 Å². The minimum Gasteiger partial charge on any atom is -0.457 e. The molecule has 60 valence electrons. The highest BCUT2D eigenvalue weighted by molar-refractivity contribution is 6.00. The molecule has 0 saturated carbocycles. The maximum Gasteiger partial charge on any atom is 0.261 e. The molecule has 0 radical (unpaired) electrons. The Morgan fingerprint density at radius 3 is 2.64 bits per heavy atom. The van der Waals surface area contributed by atoms with Gasteiger partial charge in [0.15, 0.2) is 0 Å². The highest BCUT2D eigenvalue weighted by Crippen LogP contribution is 2.20. The van der Waals surface area contributed by atoms with Crippen molar-refractivity contribution in [2.24, 2.45) is 0 Å². The van der Waals surface area contributed by atoms with Crippen LogP contribution < -0.4 is 0 Å². The lowest BCUT2D eigenvalue weighted by Crippen LogP contribution is -2.15. The van der Waals surface area contributed by atoms with Crippen LogP contribution in [-0.2, 0) is 9.53 Å². The molecule has 11 heavy (non-hydrogen) atoms. The first-order valence-corrected chi connectivity index (χ1v) is 3.39. The van der Waals surface area contributed by atoms with Gasteiger partial charge in [-0.05, 0) is 19.9 Å². The van der Waals surface area contributed by atoms with Crippen LogP contribution >= 0.6 is 0 Å². The minimum absolute atomic E-state index is 0.349. The Bertz CT molecular complexity index is 238. The number of rotatable bonds is 1. The van der Waals surface area contributed by atoms with Gasteiger partial charge in [-0.3, -0.25) is 4.79 Å².